The van der Waals surface area contributed by atoms with Gasteiger partial charge in [0.2, 0.25) is 10.0 Å². The third-order valence-corrected chi connectivity index (χ3v) is 5.19. The molecule has 0 saturated heterocycles. The van der Waals surface area contributed by atoms with Crippen molar-refractivity contribution in [1.82, 2.24) is 5.16 Å². The van der Waals surface area contributed by atoms with E-state index in [1.807, 2.05) is 17.5 Å². The Labute approximate surface area is 153 Å². The van der Waals surface area contributed by atoms with Crippen LogP contribution in [0.4, 0.5) is 0 Å². The molecule has 3 aromatic rings. The maximum absolute atomic E-state index is 12.3. The summed E-state index contributed by atoms with van der Waals surface area (Å²) in [6.45, 7) is -0.142. The lowest BCUT2D eigenvalue weighted by molar-refractivity contribution is 0.0460. The van der Waals surface area contributed by atoms with E-state index in [0.29, 0.717) is 11.5 Å². The summed E-state index contributed by atoms with van der Waals surface area (Å²) in [7, 11) is -2.61. The van der Waals surface area contributed by atoms with Gasteiger partial charge in [-0.05, 0) is 29.6 Å². The number of aromatic nitrogens is 1. The predicted molar refractivity (Wildman–Crippen MR) is 93.3 cm³/mol. The molecule has 136 valence electrons. The highest BCUT2D eigenvalue weighted by Gasteiger charge is 2.19. The van der Waals surface area contributed by atoms with Gasteiger partial charge in [0.25, 0.3) is 0 Å². The molecule has 0 aliphatic carbocycles. The van der Waals surface area contributed by atoms with Crippen LogP contribution in [0.3, 0.4) is 0 Å². The number of benzene rings is 1. The molecule has 1 aromatic carbocycles. The molecule has 0 saturated carbocycles. The lowest BCUT2D eigenvalue weighted by Crippen LogP contribution is -2.14. The van der Waals surface area contributed by atoms with E-state index < -0.39 is 16.0 Å². The third kappa shape index (κ3) is 3.93. The van der Waals surface area contributed by atoms with Crippen molar-refractivity contribution < 1.29 is 27.2 Å². The standard InChI is InChI=1S/C16H14N2O6S2/c1-22-13-5-4-11(26(17,20)21)8-12(13)16(19)23-9-10-7-14(24-18-10)15-3-2-6-25-15/h2-8H,9H2,1H3,(H2,17,20,21). The minimum Gasteiger partial charge on any atom is -0.496 e. The molecule has 0 spiro atoms. The second-order valence-electron chi connectivity index (χ2n) is 5.14. The predicted octanol–water partition coefficient (Wildman–Crippen LogP) is 2.42. The molecule has 2 N–H and O–H groups in total. The summed E-state index contributed by atoms with van der Waals surface area (Å²) in [6, 6.07) is 9.11. The SMILES string of the molecule is COc1ccc(S(N)(=O)=O)cc1C(=O)OCc1cc(-c2cccs2)on1. The number of nitrogens with two attached hydrogens (primary N) is 1. The highest BCUT2D eigenvalue weighted by Crippen LogP contribution is 2.26. The molecule has 0 atom stereocenters. The maximum Gasteiger partial charge on any atom is 0.342 e. The average molecular weight is 394 g/mol. The quantitative estimate of drug-likeness (QED) is 0.637. The Hall–Kier alpha value is -2.69. The fraction of sp³-hybridized carbons (Fsp3) is 0.125. The molecule has 0 fully saturated rings. The van der Waals surface area contributed by atoms with Gasteiger partial charge in [0, 0.05) is 6.07 Å². The van der Waals surface area contributed by atoms with Crippen LogP contribution < -0.4 is 9.88 Å². The number of esters is 1. The summed E-state index contributed by atoms with van der Waals surface area (Å²) in [6.07, 6.45) is 0. The van der Waals surface area contributed by atoms with Crippen molar-refractivity contribution in [2.75, 3.05) is 7.11 Å². The first kappa shape index (κ1) is 18.1. The fourth-order valence-electron chi connectivity index (χ4n) is 2.16. The van der Waals surface area contributed by atoms with Crippen LogP contribution in [0.1, 0.15) is 16.1 Å². The summed E-state index contributed by atoms with van der Waals surface area (Å²) < 4.78 is 38.4. The molecule has 0 unspecified atom stereocenters. The van der Waals surface area contributed by atoms with Crippen LogP contribution >= 0.6 is 11.3 Å². The van der Waals surface area contributed by atoms with Gasteiger partial charge in [-0.1, -0.05) is 11.2 Å². The molecular weight excluding hydrogens is 380 g/mol. The van der Waals surface area contributed by atoms with Gasteiger partial charge in [-0.25, -0.2) is 18.4 Å². The van der Waals surface area contributed by atoms with Crippen molar-refractivity contribution in [2.45, 2.75) is 11.5 Å². The zero-order chi connectivity index (χ0) is 18.7. The number of hydrogen-bond acceptors (Lipinski definition) is 8. The molecule has 8 nitrogen and oxygen atoms in total. The van der Waals surface area contributed by atoms with Crippen molar-refractivity contribution >= 4 is 27.3 Å². The Morgan fingerprint density at radius 3 is 2.77 bits per heavy atom. The summed E-state index contributed by atoms with van der Waals surface area (Å²) in [5.74, 6) is -0.0327. The number of rotatable bonds is 6. The van der Waals surface area contributed by atoms with Gasteiger partial charge < -0.3 is 14.0 Å². The van der Waals surface area contributed by atoms with Crippen molar-refractivity contribution in [1.29, 1.82) is 0 Å². The van der Waals surface area contributed by atoms with Gasteiger partial charge in [-0.3, -0.25) is 0 Å². The van der Waals surface area contributed by atoms with Crippen LogP contribution in [-0.2, 0) is 21.4 Å². The molecule has 0 radical (unpaired) electrons. The van der Waals surface area contributed by atoms with Crippen LogP contribution in [0, 0.1) is 0 Å². The molecule has 0 aliphatic rings. The lowest BCUT2D eigenvalue weighted by Gasteiger charge is -2.09. The third-order valence-electron chi connectivity index (χ3n) is 3.39. The number of methoxy groups -OCH3 is 1. The Morgan fingerprint density at radius 1 is 1.31 bits per heavy atom. The number of ether oxygens (including phenoxy) is 2. The van der Waals surface area contributed by atoms with E-state index in [9.17, 15) is 13.2 Å². The summed E-state index contributed by atoms with van der Waals surface area (Å²) >= 11 is 1.49. The Bertz CT molecular complexity index is 1020. The molecule has 10 heteroatoms. The smallest absolute Gasteiger partial charge is 0.342 e. The second-order valence-corrected chi connectivity index (χ2v) is 7.65. The van der Waals surface area contributed by atoms with E-state index in [-0.39, 0.29) is 22.8 Å². The van der Waals surface area contributed by atoms with E-state index in [0.717, 1.165) is 10.9 Å². The van der Waals surface area contributed by atoms with Crippen LogP contribution in [0.25, 0.3) is 10.6 Å². The Balaban J connectivity index is 1.76. The van der Waals surface area contributed by atoms with E-state index in [1.54, 1.807) is 6.07 Å². The van der Waals surface area contributed by atoms with Crippen LogP contribution in [0.5, 0.6) is 5.75 Å². The first-order chi connectivity index (χ1) is 12.4. The van der Waals surface area contributed by atoms with Crippen molar-refractivity contribution in [3.05, 3.63) is 53.0 Å². The zero-order valence-electron chi connectivity index (χ0n) is 13.5. The molecule has 0 aliphatic heterocycles. The number of sulfonamides is 1. The normalized spacial score (nSPS) is 11.3. The van der Waals surface area contributed by atoms with Gasteiger partial charge in [0.05, 0.1) is 16.9 Å². The number of carbonyl (C=O) groups excluding carboxylic acids is 1. The van der Waals surface area contributed by atoms with Crippen molar-refractivity contribution in [3.63, 3.8) is 0 Å². The first-order valence-corrected chi connectivity index (χ1v) is 9.68. The molecule has 2 aromatic heterocycles. The number of primary sulfonamides is 1. The molecular formula is C16H14N2O6S2. The molecule has 0 bridgehead atoms. The molecule has 3 rings (SSSR count). The monoisotopic (exact) mass is 394 g/mol. The minimum absolute atomic E-state index is 0.0546. The minimum atomic E-state index is -3.96. The Morgan fingerprint density at radius 2 is 2.12 bits per heavy atom. The fourth-order valence-corrected chi connectivity index (χ4v) is 3.37. The van der Waals surface area contributed by atoms with Crippen LogP contribution in [0.15, 0.2) is 51.2 Å². The number of nitrogens with zero attached hydrogens (tertiary/aromatic N) is 1. The van der Waals surface area contributed by atoms with Gasteiger partial charge in [-0.15, -0.1) is 11.3 Å². The van der Waals surface area contributed by atoms with Gasteiger partial charge in [-0.2, -0.15) is 0 Å². The Kier molecular flexibility index (Phi) is 5.07. The van der Waals surface area contributed by atoms with Gasteiger partial charge >= 0.3 is 5.97 Å². The van der Waals surface area contributed by atoms with Crippen LogP contribution in [0.2, 0.25) is 0 Å². The highest BCUT2D eigenvalue weighted by molar-refractivity contribution is 7.89. The van der Waals surface area contributed by atoms with Gasteiger partial charge in [0.15, 0.2) is 5.76 Å². The highest BCUT2D eigenvalue weighted by atomic mass is 32.2. The number of thiophene rings is 1. The second kappa shape index (κ2) is 7.28. The number of carbonyl (C=O) groups is 1. The van der Waals surface area contributed by atoms with Crippen LogP contribution in [-0.4, -0.2) is 26.7 Å². The molecule has 26 heavy (non-hydrogen) atoms. The van der Waals surface area contributed by atoms with E-state index >= 15 is 0 Å². The first-order valence-electron chi connectivity index (χ1n) is 7.26. The summed E-state index contributed by atoms with van der Waals surface area (Å²) in [5, 5.41) is 10.8. The van der Waals surface area contributed by atoms with E-state index in [4.69, 9.17) is 19.1 Å². The van der Waals surface area contributed by atoms with E-state index in [1.165, 1.54) is 30.6 Å². The van der Waals surface area contributed by atoms with Crippen molar-refractivity contribution in [3.8, 4) is 16.4 Å². The average Bonchev–Trinajstić information content (AvgIpc) is 3.29. The van der Waals surface area contributed by atoms with Crippen molar-refractivity contribution in [2.24, 2.45) is 5.14 Å². The van der Waals surface area contributed by atoms with E-state index in [2.05, 4.69) is 5.16 Å². The zero-order valence-corrected chi connectivity index (χ0v) is 15.2. The summed E-state index contributed by atoms with van der Waals surface area (Å²) in [5.41, 5.74) is 0.365. The summed E-state index contributed by atoms with van der Waals surface area (Å²) in [4.78, 5) is 13.0. The number of hydrogen-bond donors (Lipinski definition) is 1. The largest absolute Gasteiger partial charge is 0.496 e. The topological polar surface area (TPSA) is 122 Å². The molecule has 2 heterocycles. The molecule has 0 amide bonds. The lowest BCUT2D eigenvalue weighted by atomic mass is 10.2. The maximum atomic E-state index is 12.3. The van der Waals surface area contributed by atoms with Gasteiger partial charge in [0.1, 0.15) is 23.6 Å².